The molecule has 0 fully saturated rings. The third-order valence-corrected chi connectivity index (χ3v) is 4.57. The zero-order chi connectivity index (χ0) is 17.3. The van der Waals surface area contributed by atoms with E-state index < -0.39 is 0 Å². The Kier molecular flexibility index (Phi) is 4.26. The predicted octanol–water partition coefficient (Wildman–Crippen LogP) is 4.57. The van der Waals surface area contributed by atoms with E-state index in [0.717, 1.165) is 41.5 Å². The lowest BCUT2D eigenvalue weighted by Gasteiger charge is -2.08. The first-order valence-corrected chi connectivity index (χ1v) is 8.31. The first-order chi connectivity index (χ1) is 11.6. The highest BCUT2D eigenvalue weighted by atomic mass is 15.0. The SMILES string of the molecule is CCCCn1c(C)c(-c2cncc(N)c2)c2cc(C#N)c(C)cc21. The van der Waals surface area contributed by atoms with Crippen molar-refractivity contribution in [3.05, 3.63) is 47.4 Å². The van der Waals surface area contributed by atoms with E-state index in [4.69, 9.17) is 5.73 Å². The molecule has 0 atom stereocenters. The zero-order valence-electron chi connectivity index (χ0n) is 14.4. The van der Waals surface area contributed by atoms with Crippen LogP contribution in [0.4, 0.5) is 5.69 Å². The van der Waals surface area contributed by atoms with E-state index in [9.17, 15) is 5.26 Å². The van der Waals surface area contributed by atoms with Gasteiger partial charge in [-0.15, -0.1) is 0 Å². The number of aryl methyl sites for hydroxylation is 2. The molecule has 0 bridgehead atoms. The molecular weight excluding hydrogens is 296 g/mol. The number of hydrogen-bond acceptors (Lipinski definition) is 3. The molecule has 4 nitrogen and oxygen atoms in total. The van der Waals surface area contributed by atoms with Crippen LogP contribution in [0.5, 0.6) is 0 Å². The Labute approximate surface area is 142 Å². The quantitative estimate of drug-likeness (QED) is 0.766. The van der Waals surface area contributed by atoms with Crippen molar-refractivity contribution >= 4 is 16.6 Å². The molecule has 4 heteroatoms. The number of benzene rings is 1. The number of pyridine rings is 1. The average molecular weight is 318 g/mol. The average Bonchev–Trinajstić information content (AvgIpc) is 2.83. The summed E-state index contributed by atoms with van der Waals surface area (Å²) in [4.78, 5) is 4.24. The second kappa shape index (κ2) is 6.37. The van der Waals surface area contributed by atoms with Crippen LogP contribution in [0.15, 0.2) is 30.6 Å². The number of nitrogens with two attached hydrogens (primary N) is 1. The summed E-state index contributed by atoms with van der Waals surface area (Å²) in [5, 5.41) is 10.5. The largest absolute Gasteiger partial charge is 0.397 e. The summed E-state index contributed by atoms with van der Waals surface area (Å²) in [5.74, 6) is 0. The molecule has 1 aromatic carbocycles. The topological polar surface area (TPSA) is 67.6 Å². The van der Waals surface area contributed by atoms with E-state index in [-0.39, 0.29) is 0 Å². The highest BCUT2D eigenvalue weighted by Crippen LogP contribution is 2.36. The van der Waals surface area contributed by atoms with Gasteiger partial charge in [-0.3, -0.25) is 4.98 Å². The fourth-order valence-electron chi connectivity index (χ4n) is 3.31. The number of anilines is 1. The molecule has 0 saturated carbocycles. The first-order valence-electron chi connectivity index (χ1n) is 8.31. The molecule has 0 radical (unpaired) electrons. The number of fused-ring (bicyclic) bond motifs is 1. The van der Waals surface area contributed by atoms with Crippen molar-refractivity contribution in [1.82, 2.24) is 9.55 Å². The summed E-state index contributed by atoms with van der Waals surface area (Å²) in [6.45, 7) is 7.30. The molecule has 3 aromatic rings. The minimum atomic E-state index is 0.647. The smallest absolute Gasteiger partial charge is 0.0994 e. The molecule has 0 aliphatic carbocycles. The Morgan fingerprint density at radius 2 is 2.00 bits per heavy atom. The molecule has 0 spiro atoms. The molecule has 0 amide bonds. The Morgan fingerprint density at radius 1 is 1.21 bits per heavy atom. The lowest BCUT2D eigenvalue weighted by molar-refractivity contribution is 0.638. The van der Waals surface area contributed by atoms with E-state index >= 15 is 0 Å². The Bertz CT molecular complexity index is 944. The fraction of sp³-hybridized carbons (Fsp3) is 0.300. The summed E-state index contributed by atoms with van der Waals surface area (Å²) in [7, 11) is 0. The van der Waals surface area contributed by atoms with Crippen LogP contribution in [0.25, 0.3) is 22.0 Å². The van der Waals surface area contributed by atoms with E-state index in [1.165, 1.54) is 11.2 Å². The van der Waals surface area contributed by atoms with Crippen LogP contribution in [0, 0.1) is 25.2 Å². The third-order valence-electron chi connectivity index (χ3n) is 4.57. The predicted molar refractivity (Wildman–Crippen MR) is 98.7 cm³/mol. The standard InChI is InChI=1S/C20H22N4/c1-4-5-6-24-14(3)20(16-8-17(22)12-23-11-16)18-9-15(10-21)13(2)7-19(18)24/h7-9,11-12H,4-6,22H2,1-3H3. The monoisotopic (exact) mass is 318 g/mol. The summed E-state index contributed by atoms with van der Waals surface area (Å²) in [6.07, 6.45) is 5.76. The minimum absolute atomic E-state index is 0.647. The third kappa shape index (κ3) is 2.63. The molecule has 24 heavy (non-hydrogen) atoms. The highest BCUT2D eigenvalue weighted by Gasteiger charge is 2.17. The maximum atomic E-state index is 9.41. The zero-order valence-corrected chi connectivity index (χ0v) is 14.4. The molecule has 0 saturated heterocycles. The molecular formula is C20H22N4. The van der Waals surface area contributed by atoms with Crippen molar-refractivity contribution < 1.29 is 0 Å². The molecule has 3 rings (SSSR count). The van der Waals surface area contributed by atoms with E-state index in [1.54, 1.807) is 6.20 Å². The highest BCUT2D eigenvalue weighted by molar-refractivity contribution is 5.99. The molecule has 2 heterocycles. The maximum absolute atomic E-state index is 9.41. The van der Waals surface area contributed by atoms with E-state index in [0.29, 0.717) is 11.3 Å². The Balaban J connectivity index is 2.35. The Hall–Kier alpha value is -2.80. The van der Waals surface area contributed by atoms with Gasteiger partial charge in [-0.05, 0) is 44.0 Å². The number of nitrogens with zero attached hydrogens (tertiary/aromatic N) is 3. The van der Waals surface area contributed by atoms with Gasteiger partial charge in [0, 0.05) is 46.7 Å². The van der Waals surface area contributed by atoms with Crippen molar-refractivity contribution in [2.24, 2.45) is 0 Å². The van der Waals surface area contributed by atoms with E-state index in [2.05, 4.69) is 35.5 Å². The van der Waals surface area contributed by atoms with Gasteiger partial charge in [-0.1, -0.05) is 13.3 Å². The van der Waals surface area contributed by atoms with Gasteiger partial charge in [0.2, 0.25) is 0 Å². The van der Waals surface area contributed by atoms with Crippen molar-refractivity contribution in [2.75, 3.05) is 5.73 Å². The van der Waals surface area contributed by atoms with Gasteiger partial charge in [0.15, 0.2) is 0 Å². The number of rotatable bonds is 4. The number of aromatic nitrogens is 2. The Morgan fingerprint density at radius 3 is 2.67 bits per heavy atom. The lowest BCUT2D eigenvalue weighted by Crippen LogP contribution is -2.00. The maximum Gasteiger partial charge on any atom is 0.0994 e. The number of hydrogen-bond donors (Lipinski definition) is 1. The van der Waals surface area contributed by atoms with Gasteiger partial charge >= 0.3 is 0 Å². The first kappa shape index (κ1) is 16.1. The molecule has 2 aromatic heterocycles. The van der Waals surface area contributed by atoms with Crippen LogP contribution < -0.4 is 5.73 Å². The molecule has 2 N–H and O–H groups in total. The minimum Gasteiger partial charge on any atom is -0.397 e. The van der Waals surface area contributed by atoms with Crippen LogP contribution in [0.2, 0.25) is 0 Å². The van der Waals surface area contributed by atoms with Crippen LogP contribution in [-0.4, -0.2) is 9.55 Å². The number of nitriles is 1. The molecule has 0 unspecified atom stereocenters. The van der Waals surface area contributed by atoms with Crippen LogP contribution in [0.1, 0.15) is 36.6 Å². The fourth-order valence-corrected chi connectivity index (χ4v) is 3.31. The van der Waals surface area contributed by atoms with Crippen molar-refractivity contribution in [3.8, 4) is 17.2 Å². The van der Waals surface area contributed by atoms with E-state index in [1.807, 2.05) is 25.3 Å². The lowest BCUT2D eigenvalue weighted by atomic mass is 10.00. The molecule has 0 aliphatic heterocycles. The summed E-state index contributed by atoms with van der Waals surface area (Å²) < 4.78 is 2.35. The van der Waals surface area contributed by atoms with Crippen LogP contribution in [-0.2, 0) is 6.54 Å². The summed E-state index contributed by atoms with van der Waals surface area (Å²) >= 11 is 0. The van der Waals surface area contributed by atoms with Gasteiger partial charge < -0.3 is 10.3 Å². The number of unbranched alkanes of at least 4 members (excludes halogenated alkanes) is 1. The summed E-state index contributed by atoms with van der Waals surface area (Å²) in [5.41, 5.74) is 12.8. The summed E-state index contributed by atoms with van der Waals surface area (Å²) in [6, 6.07) is 8.37. The van der Waals surface area contributed by atoms with Gasteiger partial charge in [-0.25, -0.2) is 0 Å². The normalized spacial score (nSPS) is 10.9. The van der Waals surface area contributed by atoms with Crippen LogP contribution >= 0.6 is 0 Å². The van der Waals surface area contributed by atoms with Crippen molar-refractivity contribution in [1.29, 1.82) is 5.26 Å². The van der Waals surface area contributed by atoms with Crippen molar-refractivity contribution in [2.45, 2.75) is 40.2 Å². The molecule has 0 aliphatic rings. The molecule has 122 valence electrons. The van der Waals surface area contributed by atoms with Gasteiger partial charge in [0.05, 0.1) is 17.3 Å². The second-order valence-electron chi connectivity index (χ2n) is 6.27. The van der Waals surface area contributed by atoms with Gasteiger partial charge in [0.1, 0.15) is 0 Å². The van der Waals surface area contributed by atoms with Crippen molar-refractivity contribution in [3.63, 3.8) is 0 Å². The van der Waals surface area contributed by atoms with Crippen LogP contribution in [0.3, 0.4) is 0 Å². The second-order valence-corrected chi connectivity index (χ2v) is 6.27. The van der Waals surface area contributed by atoms with Gasteiger partial charge in [-0.2, -0.15) is 5.26 Å². The van der Waals surface area contributed by atoms with Gasteiger partial charge in [0.25, 0.3) is 0 Å². The number of nitrogen functional groups attached to an aromatic ring is 1.